The van der Waals surface area contributed by atoms with E-state index in [1.807, 2.05) is 0 Å². The van der Waals surface area contributed by atoms with Gasteiger partial charge in [0.25, 0.3) is 5.91 Å². The maximum atomic E-state index is 13.7. The molecule has 4 nitrogen and oxygen atoms in total. The Morgan fingerprint density at radius 3 is 2.27 bits per heavy atom. The molecule has 0 aliphatic carbocycles. The standard InChI is InChI=1S/C17H12ClF4NO3/c1-9(26-16(25)14-12(18)3-2-4-13(14)19)15(24)23-11-7-5-10(6-8-11)17(20,21)22/h2-9H,1H3,(H,23,24)/t9-/m1/s1. The summed E-state index contributed by atoms with van der Waals surface area (Å²) in [5.74, 6) is -2.84. The molecular formula is C17H12ClF4NO3. The first-order chi connectivity index (χ1) is 12.1. The number of esters is 1. The van der Waals surface area contributed by atoms with Gasteiger partial charge >= 0.3 is 12.1 Å². The van der Waals surface area contributed by atoms with Gasteiger partial charge in [0.05, 0.1) is 10.6 Å². The van der Waals surface area contributed by atoms with Crippen molar-refractivity contribution in [2.24, 2.45) is 0 Å². The largest absolute Gasteiger partial charge is 0.449 e. The third kappa shape index (κ3) is 4.72. The molecule has 0 heterocycles. The van der Waals surface area contributed by atoms with Crippen molar-refractivity contribution in [3.05, 3.63) is 64.4 Å². The summed E-state index contributed by atoms with van der Waals surface area (Å²) >= 11 is 5.74. The summed E-state index contributed by atoms with van der Waals surface area (Å²) in [6.45, 7) is 1.23. The van der Waals surface area contributed by atoms with Crippen molar-refractivity contribution in [2.45, 2.75) is 19.2 Å². The molecule has 1 atom stereocenters. The predicted octanol–water partition coefficient (Wildman–Crippen LogP) is 4.68. The van der Waals surface area contributed by atoms with Crippen LogP contribution in [0.5, 0.6) is 0 Å². The van der Waals surface area contributed by atoms with Gasteiger partial charge in [-0.05, 0) is 43.3 Å². The number of hydrogen-bond donors (Lipinski definition) is 1. The first-order valence-corrected chi connectivity index (χ1v) is 7.60. The molecule has 0 aliphatic heterocycles. The summed E-state index contributed by atoms with van der Waals surface area (Å²) in [7, 11) is 0. The van der Waals surface area contributed by atoms with Crippen molar-refractivity contribution in [2.75, 3.05) is 5.32 Å². The quantitative estimate of drug-likeness (QED) is 0.610. The number of hydrogen-bond acceptors (Lipinski definition) is 3. The molecule has 1 N–H and O–H groups in total. The van der Waals surface area contributed by atoms with Gasteiger partial charge in [-0.25, -0.2) is 9.18 Å². The number of rotatable bonds is 4. The topological polar surface area (TPSA) is 55.4 Å². The van der Waals surface area contributed by atoms with E-state index < -0.39 is 41.1 Å². The van der Waals surface area contributed by atoms with E-state index in [2.05, 4.69) is 5.32 Å². The highest BCUT2D eigenvalue weighted by atomic mass is 35.5. The smallest absolute Gasteiger partial charge is 0.416 e. The van der Waals surface area contributed by atoms with E-state index >= 15 is 0 Å². The number of anilines is 1. The maximum Gasteiger partial charge on any atom is 0.416 e. The summed E-state index contributed by atoms with van der Waals surface area (Å²) in [5, 5.41) is 2.12. The van der Waals surface area contributed by atoms with Crippen LogP contribution in [-0.4, -0.2) is 18.0 Å². The Bertz CT molecular complexity index is 801. The van der Waals surface area contributed by atoms with Crippen LogP contribution < -0.4 is 5.32 Å². The average Bonchev–Trinajstić information content (AvgIpc) is 2.54. The molecule has 2 rings (SSSR count). The number of alkyl halides is 3. The monoisotopic (exact) mass is 389 g/mol. The average molecular weight is 390 g/mol. The lowest BCUT2D eigenvalue weighted by Gasteiger charge is -2.15. The maximum absolute atomic E-state index is 13.7. The summed E-state index contributed by atoms with van der Waals surface area (Å²) in [6, 6.07) is 7.31. The fourth-order valence-electron chi connectivity index (χ4n) is 1.95. The summed E-state index contributed by atoms with van der Waals surface area (Å²) in [5.41, 5.74) is -1.30. The van der Waals surface area contributed by atoms with E-state index in [1.165, 1.54) is 19.1 Å². The highest BCUT2D eigenvalue weighted by Crippen LogP contribution is 2.29. The number of carbonyl (C=O) groups excluding carboxylic acids is 2. The van der Waals surface area contributed by atoms with E-state index in [0.717, 1.165) is 30.3 Å². The molecule has 2 aromatic carbocycles. The van der Waals surface area contributed by atoms with Crippen molar-refractivity contribution >= 4 is 29.2 Å². The molecule has 0 spiro atoms. The summed E-state index contributed by atoms with van der Waals surface area (Å²) < 4.78 is 56.0. The zero-order chi connectivity index (χ0) is 19.5. The summed E-state index contributed by atoms with van der Waals surface area (Å²) in [4.78, 5) is 24.0. The molecular weight excluding hydrogens is 378 g/mol. The molecule has 0 fully saturated rings. The van der Waals surface area contributed by atoms with Crippen LogP contribution >= 0.6 is 11.6 Å². The Morgan fingerprint density at radius 2 is 1.73 bits per heavy atom. The molecule has 9 heteroatoms. The molecule has 0 aromatic heterocycles. The molecule has 2 aromatic rings. The van der Waals surface area contributed by atoms with Gasteiger partial charge in [0, 0.05) is 5.69 Å². The minimum Gasteiger partial charge on any atom is -0.449 e. The van der Waals surface area contributed by atoms with Crippen LogP contribution in [0.25, 0.3) is 0 Å². The van der Waals surface area contributed by atoms with Gasteiger partial charge in [0.2, 0.25) is 0 Å². The Balaban J connectivity index is 2.02. The van der Waals surface area contributed by atoms with Gasteiger partial charge in [-0.15, -0.1) is 0 Å². The minimum atomic E-state index is -4.50. The van der Waals surface area contributed by atoms with Crippen LogP contribution in [0, 0.1) is 5.82 Å². The van der Waals surface area contributed by atoms with Gasteiger partial charge < -0.3 is 10.1 Å². The van der Waals surface area contributed by atoms with Crippen LogP contribution in [0.1, 0.15) is 22.8 Å². The SMILES string of the molecule is C[C@@H](OC(=O)c1c(F)cccc1Cl)C(=O)Nc1ccc(C(F)(F)F)cc1. The van der Waals surface area contributed by atoms with Crippen LogP contribution in [0.4, 0.5) is 23.2 Å². The zero-order valence-electron chi connectivity index (χ0n) is 13.2. The fourth-order valence-corrected chi connectivity index (χ4v) is 2.19. The molecule has 0 aliphatic rings. The van der Waals surface area contributed by atoms with Gasteiger partial charge in [-0.3, -0.25) is 4.79 Å². The van der Waals surface area contributed by atoms with E-state index in [-0.39, 0.29) is 10.7 Å². The van der Waals surface area contributed by atoms with Crippen molar-refractivity contribution in [1.82, 2.24) is 0 Å². The molecule has 26 heavy (non-hydrogen) atoms. The second-order valence-corrected chi connectivity index (χ2v) is 5.62. The minimum absolute atomic E-state index is 0.0785. The van der Waals surface area contributed by atoms with Crippen molar-refractivity contribution in [3.8, 4) is 0 Å². The Morgan fingerprint density at radius 1 is 1.12 bits per heavy atom. The number of nitrogens with one attached hydrogen (secondary N) is 1. The Hall–Kier alpha value is -2.61. The Kier molecular flexibility index (Phi) is 5.86. The van der Waals surface area contributed by atoms with E-state index in [0.29, 0.717) is 0 Å². The molecule has 0 saturated carbocycles. The van der Waals surface area contributed by atoms with E-state index in [9.17, 15) is 27.2 Å². The van der Waals surface area contributed by atoms with Gasteiger partial charge in [-0.2, -0.15) is 13.2 Å². The highest BCUT2D eigenvalue weighted by Gasteiger charge is 2.30. The second kappa shape index (κ2) is 7.74. The first-order valence-electron chi connectivity index (χ1n) is 7.22. The van der Waals surface area contributed by atoms with E-state index in [1.54, 1.807) is 0 Å². The number of amides is 1. The van der Waals surface area contributed by atoms with Crippen LogP contribution in [-0.2, 0) is 15.7 Å². The van der Waals surface area contributed by atoms with Crippen molar-refractivity contribution in [3.63, 3.8) is 0 Å². The predicted molar refractivity (Wildman–Crippen MR) is 86.4 cm³/mol. The number of ether oxygens (including phenoxy) is 1. The molecule has 138 valence electrons. The lowest BCUT2D eigenvalue weighted by molar-refractivity contribution is -0.137. The fraction of sp³-hybridized carbons (Fsp3) is 0.176. The zero-order valence-corrected chi connectivity index (χ0v) is 14.0. The van der Waals surface area contributed by atoms with Crippen LogP contribution in [0.2, 0.25) is 5.02 Å². The van der Waals surface area contributed by atoms with Crippen LogP contribution in [0.3, 0.4) is 0 Å². The molecule has 0 bridgehead atoms. The van der Waals surface area contributed by atoms with Crippen molar-refractivity contribution < 1.29 is 31.9 Å². The third-order valence-corrected chi connectivity index (χ3v) is 3.61. The van der Waals surface area contributed by atoms with Crippen LogP contribution in [0.15, 0.2) is 42.5 Å². The third-order valence-electron chi connectivity index (χ3n) is 3.30. The van der Waals surface area contributed by atoms with Gasteiger partial charge in [0.1, 0.15) is 11.4 Å². The second-order valence-electron chi connectivity index (χ2n) is 5.21. The number of carbonyl (C=O) groups is 2. The van der Waals surface area contributed by atoms with Gasteiger partial charge in [0.15, 0.2) is 6.10 Å². The Labute approximate surface area is 150 Å². The normalized spacial score (nSPS) is 12.4. The molecule has 1 amide bonds. The molecule has 0 unspecified atom stereocenters. The number of halogens is 5. The van der Waals surface area contributed by atoms with Crippen molar-refractivity contribution in [1.29, 1.82) is 0 Å². The highest BCUT2D eigenvalue weighted by molar-refractivity contribution is 6.33. The lowest BCUT2D eigenvalue weighted by Crippen LogP contribution is -2.30. The molecule has 0 saturated heterocycles. The summed E-state index contributed by atoms with van der Waals surface area (Å²) in [6.07, 6.45) is -5.83. The lowest BCUT2D eigenvalue weighted by atomic mass is 10.2. The van der Waals surface area contributed by atoms with Gasteiger partial charge in [-0.1, -0.05) is 17.7 Å². The molecule has 0 radical (unpaired) electrons. The first kappa shape index (κ1) is 19.7. The number of benzene rings is 2. The van der Waals surface area contributed by atoms with E-state index in [4.69, 9.17) is 16.3 Å².